The van der Waals surface area contributed by atoms with Gasteiger partial charge in [-0.2, -0.15) is 10.2 Å². The third kappa shape index (κ3) is 3.70. The first-order valence-electron chi connectivity index (χ1n) is 8.87. The predicted molar refractivity (Wildman–Crippen MR) is 106 cm³/mol. The minimum atomic E-state index is -0.0138. The number of nitrogens with zero attached hydrogens (tertiary/aromatic N) is 4. The quantitative estimate of drug-likeness (QED) is 0.629. The Balaban J connectivity index is 1.41. The molecule has 0 unspecified atom stereocenters. The van der Waals surface area contributed by atoms with Crippen molar-refractivity contribution in [3.8, 4) is 17.7 Å². The van der Waals surface area contributed by atoms with Gasteiger partial charge in [-0.25, -0.2) is 0 Å². The predicted octanol–water partition coefficient (Wildman–Crippen LogP) is 3.54. The van der Waals surface area contributed by atoms with Crippen molar-refractivity contribution in [2.45, 2.75) is 6.92 Å². The van der Waals surface area contributed by atoms with Crippen molar-refractivity contribution in [1.82, 2.24) is 9.88 Å². The van der Waals surface area contributed by atoms with Gasteiger partial charge in [0.1, 0.15) is 6.07 Å². The molecular weight excluding hydrogens is 376 g/mol. The van der Waals surface area contributed by atoms with Crippen LogP contribution in [0.25, 0.3) is 17.7 Å². The molecule has 1 saturated heterocycles. The number of furan rings is 1. The van der Waals surface area contributed by atoms with Gasteiger partial charge in [-0.3, -0.25) is 4.79 Å². The molecule has 1 aliphatic rings. The maximum atomic E-state index is 12.4. The normalized spacial score (nSPS) is 14.6. The van der Waals surface area contributed by atoms with E-state index in [1.54, 1.807) is 34.4 Å². The van der Waals surface area contributed by atoms with Crippen molar-refractivity contribution < 1.29 is 13.6 Å². The van der Waals surface area contributed by atoms with Gasteiger partial charge in [0.15, 0.2) is 5.76 Å². The maximum Gasteiger partial charge on any atom is 0.266 e. The highest BCUT2D eigenvalue weighted by Crippen LogP contribution is 2.29. The Morgan fingerprint density at radius 2 is 2.11 bits per heavy atom. The number of aryl methyl sites for hydroxylation is 1. The van der Waals surface area contributed by atoms with E-state index in [-0.39, 0.29) is 17.5 Å². The molecule has 4 rings (SSSR count). The van der Waals surface area contributed by atoms with E-state index < -0.39 is 0 Å². The molecule has 142 valence electrons. The zero-order chi connectivity index (χ0) is 19.5. The Morgan fingerprint density at radius 3 is 2.75 bits per heavy atom. The zero-order valence-corrected chi connectivity index (χ0v) is 16.1. The molecule has 1 amide bonds. The van der Waals surface area contributed by atoms with E-state index in [2.05, 4.69) is 11.1 Å². The van der Waals surface area contributed by atoms with Crippen molar-refractivity contribution in [3.63, 3.8) is 0 Å². The average molecular weight is 394 g/mol. The number of carbonyl (C=O) groups excluding carboxylic acids is 1. The molecule has 0 spiro atoms. The Bertz CT molecular complexity index is 1030. The summed E-state index contributed by atoms with van der Waals surface area (Å²) < 4.78 is 11.1. The van der Waals surface area contributed by atoms with Gasteiger partial charge in [-0.1, -0.05) is 0 Å². The summed E-state index contributed by atoms with van der Waals surface area (Å²) in [7, 11) is 0. The van der Waals surface area contributed by atoms with Crippen LogP contribution in [0.15, 0.2) is 45.4 Å². The van der Waals surface area contributed by atoms with E-state index in [0.717, 1.165) is 4.88 Å². The molecule has 0 aliphatic carbocycles. The van der Waals surface area contributed by atoms with Crippen molar-refractivity contribution >= 4 is 29.2 Å². The molecule has 0 N–H and O–H groups in total. The van der Waals surface area contributed by atoms with E-state index in [4.69, 9.17) is 8.83 Å². The smallest absolute Gasteiger partial charge is 0.266 e. The number of thiophene rings is 1. The minimum absolute atomic E-state index is 0.0138. The lowest BCUT2D eigenvalue weighted by Crippen LogP contribution is -2.48. The lowest BCUT2D eigenvalue weighted by Gasteiger charge is -2.33. The molecular formula is C20H18N4O3S. The van der Waals surface area contributed by atoms with Gasteiger partial charge in [0.25, 0.3) is 5.89 Å². The molecule has 1 fully saturated rings. The van der Waals surface area contributed by atoms with E-state index in [0.29, 0.717) is 37.8 Å². The lowest BCUT2D eigenvalue weighted by atomic mass is 10.3. The van der Waals surface area contributed by atoms with E-state index in [1.807, 2.05) is 30.0 Å². The topological polar surface area (TPSA) is 86.5 Å². The summed E-state index contributed by atoms with van der Waals surface area (Å²) in [4.78, 5) is 22.7. The van der Waals surface area contributed by atoms with Crippen LogP contribution < -0.4 is 4.90 Å². The molecule has 7 nitrogen and oxygen atoms in total. The second-order valence-corrected chi connectivity index (χ2v) is 7.68. The summed E-state index contributed by atoms with van der Waals surface area (Å²) in [6.07, 6.45) is 5.00. The van der Waals surface area contributed by atoms with Crippen LogP contribution in [0.4, 0.5) is 5.88 Å². The molecule has 4 heterocycles. The third-order valence-corrected chi connectivity index (χ3v) is 5.44. The number of aromatic nitrogens is 1. The number of hydrogen-bond donors (Lipinski definition) is 0. The van der Waals surface area contributed by atoms with Gasteiger partial charge in [0, 0.05) is 42.0 Å². The minimum Gasteiger partial charge on any atom is -0.459 e. The summed E-state index contributed by atoms with van der Waals surface area (Å²) in [5, 5.41) is 9.38. The van der Waals surface area contributed by atoms with Gasteiger partial charge in [0.2, 0.25) is 17.5 Å². The second-order valence-electron chi connectivity index (χ2n) is 6.36. The number of rotatable bonds is 4. The highest BCUT2D eigenvalue weighted by molar-refractivity contribution is 7.12. The van der Waals surface area contributed by atoms with Crippen molar-refractivity contribution in [2.75, 3.05) is 31.1 Å². The van der Waals surface area contributed by atoms with Crippen LogP contribution >= 0.6 is 11.3 Å². The Labute approximate surface area is 166 Å². The molecule has 0 radical (unpaired) electrons. The monoisotopic (exact) mass is 394 g/mol. The Kier molecular flexibility index (Phi) is 5.00. The zero-order valence-electron chi connectivity index (χ0n) is 15.3. The van der Waals surface area contributed by atoms with E-state index in [9.17, 15) is 10.1 Å². The molecule has 0 aromatic carbocycles. The molecule has 3 aromatic rings. The standard InChI is InChI=1S/C20H18N4O3S/c1-14-4-5-15(28-14)6-7-18(25)23-8-10-24(11-9-23)20-16(13-21)22-19(27-20)17-3-2-12-26-17/h2-7,12H,8-11H2,1H3. The van der Waals surface area contributed by atoms with Gasteiger partial charge in [-0.15, -0.1) is 11.3 Å². The van der Waals surface area contributed by atoms with Gasteiger partial charge in [0.05, 0.1) is 6.26 Å². The van der Waals surface area contributed by atoms with Crippen LogP contribution in [0, 0.1) is 18.3 Å². The van der Waals surface area contributed by atoms with Crippen LogP contribution in [0.3, 0.4) is 0 Å². The van der Waals surface area contributed by atoms with Crippen LogP contribution in [-0.4, -0.2) is 42.0 Å². The van der Waals surface area contributed by atoms with Crippen LogP contribution in [-0.2, 0) is 4.79 Å². The first kappa shape index (κ1) is 18.1. The van der Waals surface area contributed by atoms with Crippen LogP contribution in [0.2, 0.25) is 0 Å². The fourth-order valence-corrected chi connectivity index (χ4v) is 3.82. The summed E-state index contributed by atoms with van der Waals surface area (Å²) in [5.41, 5.74) is 0.221. The second kappa shape index (κ2) is 7.74. The number of amides is 1. The van der Waals surface area contributed by atoms with Crippen LogP contribution in [0.5, 0.6) is 0 Å². The fraction of sp³-hybridized carbons (Fsp3) is 0.250. The summed E-state index contributed by atoms with van der Waals surface area (Å²) in [5.74, 6) is 1.17. The molecule has 0 saturated carbocycles. The van der Waals surface area contributed by atoms with Crippen molar-refractivity contribution in [2.24, 2.45) is 0 Å². The molecule has 8 heteroatoms. The maximum absolute atomic E-state index is 12.4. The van der Waals surface area contributed by atoms with Crippen molar-refractivity contribution in [1.29, 1.82) is 5.26 Å². The van der Waals surface area contributed by atoms with Gasteiger partial charge < -0.3 is 18.6 Å². The lowest BCUT2D eigenvalue weighted by molar-refractivity contribution is -0.126. The van der Waals surface area contributed by atoms with E-state index >= 15 is 0 Å². The largest absolute Gasteiger partial charge is 0.459 e. The van der Waals surface area contributed by atoms with Gasteiger partial charge >= 0.3 is 0 Å². The first-order chi connectivity index (χ1) is 13.6. The van der Waals surface area contributed by atoms with E-state index in [1.165, 1.54) is 11.1 Å². The first-order valence-corrected chi connectivity index (χ1v) is 9.69. The highest BCUT2D eigenvalue weighted by Gasteiger charge is 2.26. The third-order valence-electron chi connectivity index (χ3n) is 4.48. The number of oxazole rings is 1. The van der Waals surface area contributed by atoms with Gasteiger partial charge in [-0.05, 0) is 37.3 Å². The summed E-state index contributed by atoms with van der Waals surface area (Å²) in [6, 6.07) is 9.58. The number of carbonyl (C=O) groups is 1. The fourth-order valence-electron chi connectivity index (χ4n) is 3.04. The average Bonchev–Trinajstić information content (AvgIpc) is 3.46. The molecule has 0 bridgehead atoms. The van der Waals surface area contributed by atoms with Crippen LogP contribution in [0.1, 0.15) is 15.4 Å². The Morgan fingerprint density at radius 1 is 1.29 bits per heavy atom. The SMILES string of the molecule is Cc1ccc(C=CC(=O)N2CCN(c3oc(-c4ccco4)nc3C#N)CC2)s1. The summed E-state index contributed by atoms with van der Waals surface area (Å²) in [6.45, 7) is 4.28. The molecule has 0 atom stereocenters. The summed E-state index contributed by atoms with van der Waals surface area (Å²) >= 11 is 1.66. The number of nitriles is 1. The molecule has 3 aromatic heterocycles. The number of anilines is 1. The number of piperazine rings is 1. The molecule has 1 aliphatic heterocycles. The Hall–Kier alpha value is -3.31. The highest BCUT2D eigenvalue weighted by atomic mass is 32.1. The van der Waals surface area contributed by atoms with Crippen molar-refractivity contribution in [3.05, 3.63) is 52.1 Å². The molecule has 28 heavy (non-hydrogen) atoms. The number of hydrogen-bond acceptors (Lipinski definition) is 7.